The van der Waals surface area contributed by atoms with Crippen molar-refractivity contribution in [2.75, 3.05) is 20.8 Å². The van der Waals surface area contributed by atoms with Crippen LogP contribution in [0.4, 0.5) is 5.69 Å². The number of ether oxygens (including phenoxy) is 2. The van der Waals surface area contributed by atoms with Crippen LogP contribution in [-0.2, 0) is 6.54 Å². The minimum atomic E-state index is -0.411. The van der Waals surface area contributed by atoms with Crippen molar-refractivity contribution in [3.63, 3.8) is 0 Å². The van der Waals surface area contributed by atoms with Crippen LogP contribution in [0.25, 0.3) is 0 Å². The zero-order valence-corrected chi connectivity index (χ0v) is 17.3. The van der Waals surface area contributed by atoms with Gasteiger partial charge < -0.3 is 20.1 Å². The average Bonchev–Trinajstić information content (AvgIpc) is 2.75. The number of nitro groups is 1. The molecule has 8 heteroatoms. The molecule has 2 N–H and O–H groups in total. The van der Waals surface area contributed by atoms with Gasteiger partial charge in [-0.15, -0.1) is 0 Å². The number of methoxy groups -OCH3 is 2. The molecule has 0 aliphatic rings. The maximum atomic E-state index is 10.8. The molecule has 0 spiro atoms. The van der Waals surface area contributed by atoms with Gasteiger partial charge >= 0.3 is 0 Å². The molecule has 1 atom stereocenters. The molecule has 2 aromatic rings. The second kappa shape index (κ2) is 10.9. The van der Waals surface area contributed by atoms with Crippen molar-refractivity contribution in [3.8, 4) is 11.5 Å². The van der Waals surface area contributed by atoms with E-state index in [1.165, 1.54) is 12.1 Å². The molecule has 2 rings (SSSR count). The molecular weight excluding hydrogens is 372 g/mol. The molecule has 1 unspecified atom stereocenters. The third-order valence-electron chi connectivity index (χ3n) is 4.37. The molecule has 29 heavy (non-hydrogen) atoms. The quantitative estimate of drug-likeness (QED) is 0.287. The van der Waals surface area contributed by atoms with Crippen molar-refractivity contribution in [3.05, 3.63) is 63.7 Å². The molecule has 8 nitrogen and oxygen atoms in total. The van der Waals surface area contributed by atoms with Gasteiger partial charge in [0.2, 0.25) is 0 Å². The molecule has 0 saturated carbocycles. The third-order valence-corrected chi connectivity index (χ3v) is 4.37. The summed E-state index contributed by atoms with van der Waals surface area (Å²) in [5.41, 5.74) is 1.91. The Balaban J connectivity index is 2.17. The van der Waals surface area contributed by atoms with E-state index >= 15 is 0 Å². The van der Waals surface area contributed by atoms with Gasteiger partial charge in [0.05, 0.1) is 31.7 Å². The number of rotatable bonds is 9. The Morgan fingerprint density at radius 2 is 1.90 bits per heavy atom. The highest BCUT2D eigenvalue weighted by atomic mass is 16.6. The number of nitro benzene ring substituents is 1. The standard InChI is InChI=1S/C21H28N4O4/c1-5-12-22-21(23-14-16-6-8-17(9-7-16)25(26)27)24-15(2)19-13-18(28-3)10-11-20(19)29-4/h6-11,13,15H,5,12,14H2,1-4H3,(H2,22,23,24). The molecule has 0 aliphatic carbocycles. The van der Waals surface area contributed by atoms with E-state index in [0.717, 1.165) is 35.6 Å². The maximum absolute atomic E-state index is 10.8. The molecular formula is C21H28N4O4. The summed E-state index contributed by atoms with van der Waals surface area (Å²) < 4.78 is 10.8. The van der Waals surface area contributed by atoms with Gasteiger partial charge in [-0.3, -0.25) is 10.1 Å². The van der Waals surface area contributed by atoms with Crippen LogP contribution in [0.15, 0.2) is 47.5 Å². The molecule has 0 amide bonds. The number of hydrogen-bond acceptors (Lipinski definition) is 5. The van der Waals surface area contributed by atoms with Crippen molar-refractivity contribution in [2.45, 2.75) is 32.9 Å². The second-order valence-corrected chi connectivity index (χ2v) is 6.49. The van der Waals surface area contributed by atoms with Crippen LogP contribution in [0, 0.1) is 10.1 Å². The van der Waals surface area contributed by atoms with Gasteiger partial charge in [0, 0.05) is 24.2 Å². The van der Waals surface area contributed by atoms with E-state index in [4.69, 9.17) is 9.47 Å². The summed E-state index contributed by atoms with van der Waals surface area (Å²) in [6.07, 6.45) is 0.953. The van der Waals surface area contributed by atoms with Crippen molar-refractivity contribution in [1.82, 2.24) is 10.6 Å². The summed E-state index contributed by atoms with van der Waals surface area (Å²) in [4.78, 5) is 15.0. The third kappa shape index (κ3) is 6.38. The normalized spacial score (nSPS) is 12.2. The van der Waals surface area contributed by atoms with Crippen molar-refractivity contribution >= 4 is 11.6 Å². The minimum Gasteiger partial charge on any atom is -0.497 e. The number of benzene rings is 2. The van der Waals surface area contributed by atoms with Gasteiger partial charge in [-0.2, -0.15) is 0 Å². The van der Waals surface area contributed by atoms with Crippen LogP contribution < -0.4 is 20.1 Å². The zero-order chi connectivity index (χ0) is 21.2. The lowest BCUT2D eigenvalue weighted by Gasteiger charge is -2.21. The summed E-state index contributed by atoms with van der Waals surface area (Å²) >= 11 is 0. The van der Waals surface area contributed by atoms with Crippen molar-refractivity contribution in [1.29, 1.82) is 0 Å². The van der Waals surface area contributed by atoms with Crippen molar-refractivity contribution in [2.24, 2.45) is 4.99 Å². The van der Waals surface area contributed by atoms with Crippen LogP contribution in [0.3, 0.4) is 0 Å². The van der Waals surface area contributed by atoms with Crippen LogP contribution >= 0.6 is 0 Å². The van der Waals surface area contributed by atoms with E-state index < -0.39 is 4.92 Å². The number of nitrogens with one attached hydrogen (secondary N) is 2. The first-order valence-electron chi connectivity index (χ1n) is 9.48. The summed E-state index contributed by atoms with van der Waals surface area (Å²) in [6.45, 7) is 5.27. The summed E-state index contributed by atoms with van der Waals surface area (Å²) in [5.74, 6) is 2.17. The highest BCUT2D eigenvalue weighted by molar-refractivity contribution is 5.80. The Morgan fingerprint density at radius 3 is 2.48 bits per heavy atom. The monoisotopic (exact) mass is 400 g/mol. The lowest BCUT2D eigenvalue weighted by molar-refractivity contribution is -0.384. The van der Waals surface area contributed by atoms with Gasteiger partial charge in [-0.05, 0) is 37.1 Å². The highest BCUT2D eigenvalue weighted by Crippen LogP contribution is 2.29. The molecule has 0 heterocycles. The topological polar surface area (TPSA) is 98.0 Å². The predicted molar refractivity (Wildman–Crippen MR) is 114 cm³/mol. The molecule has 0 aliphatic heterocycles. The first-order chi connectivity index (χ1) is 14.0. The summed E-state index contributed by atoms with van der Waals surface area (Å²) in [7, 11) is 3.26. The Kier molecular flexibility index (Phi) is 8.27. The molecule has 0 radical (unpaired) electrons. The predicted octanol–water partition coefficient (Wildman–Crippen LogP) is 3.82. The lowest BCUT2D eigenvalue weighted by atomic mass is 10.1. The fourth-order valence-corrected chi connectivity index (χ4v) is 2.75. The minimum absolute atomic E-state index is 0.0685. The Bertz CT molecular complexity index is 837. The maximum Gasteiger partial charge on any atom is 0.269 e. The molecule has 0 fully saturated rings. The van der Waals surface area contributed by atoms with Crippen LogP contribution in [0.5, 0.6) is 11.5 Å². The summed E-state index contributed by atoms with van der Waals surface area (Å²) in [6, 6.07) is 12.0. The number of hydrogen-bond donors (Lipinski definition) is 2. The number of nitrogens with zero attached hydrogens (tertiary/aromatic N) is 2. The van der Waals surface area contributed by atoms with E-state index in [1.807, 2.05) is 25.1 Å². The van der Waals surface area contributed by atoms with Crippen molar-refractivity contribution < 1.29 is 14.4 Å². The Labute approximate surface area is 171 Å². The smallest absolute Gasteiger partial charge is 0.269 e. The Hall–Kier alpha value is -3.29. The van der Waals surface area contributed by atoms with E-state index in [1.54, 1.807) is 26.4 Å². The van der Waals surface area contributed by atoms with E-state index in [0.29, 0.717) is 12.5 Å². The average molecular weight is 400 g/mol. The fourth-order valence-electron chi connectivity index (χ4n) is 2.75. The second-order valence-electron chi connectivity index (χ2n) is 6.49. The fraction of sp³-hybridized carbons (Fsp3) is 0.381. The molecule has 2 aromatic carbocycles. The molecule has 0 aromatic heterocycles. The van der Waals surface area contributed by atoms with Crippen LogP contribution in [-0.4, -0.2) is 31.6 Å². The zero-order valence-electron chi connectivity index (χ0n) is 17.3. The summed E-state index contributed by atoms with van der Waals surface area (Å²) in [5, 5.41) is 17.5. The molecule has 156 valence electrons. The lowest BCUT2D eigenvalue weighted by Crippen LogP contribution is -2.39. The Morgan fingerprint density at radius 1 is 1.17 bits per heavy atom. The van der Waals surface area contributed by atoms with Gasteiger partial charge in [0.25, 0.3) is 5.69 Å². The molecule has 0 saturated heterocycles. The molecule has 0 bridgehead atoms. The van der Waals surface area contributed by atoms with E-state index in [-0.39, 0.29) is 11.7 Å². The van der Waals surface area contributed by atoms with Gasteiger partial charge in [-0.25, -0.2) is 4.99 Å². The van der Waals surface area contributed by atoms with Gasteiger partial charge in [0.1, 0.15) is 11.5 Å². The largest absolute Gasteiger partial charge is 0.497 e. The van der Waals surface area contributed by atoms with Gasteiger partial charge in [-0.1, -0.05) is 19.1 Å². The highest BCUT2D eigenvalue weighted by Gasteiger charge is 2.14. The van der Waals surface area contributed by atoms with E-state index in [2.05, 4.69) is 22.5 Å². The number of guanidine groups is 1. The van der Waals surface area contributed by atoms with Gasteiger partial charge in [0.15, 0.2) is 5.96 Å². The first kappa shape index (κ1) is 22.0. The SMILES string of the molecule is CCCNC(=NCc1ccc([N+](=O)[O-])cc1)NC(C)c1cc(OC)ccc1OC. The first-order valence-corrected chi connectivity index (χ1v) is 9.48. The van der Waals surface area contributed by atoms with Crippen LogP contribution in [0.1, 0.15) is 37.4 Å². The van der Waals surface area contributed by atoms with Crippen LogP contribution in [0.2, 0.25) is 0 Å². The van der Waals surface area contributed by atoms with E-state index in [9.17, 15) is 10.1 Å². The number of non-ortho nitro benzene ring substituents is 1. The number of aliphatic imine (C=N–C) groups is 1.